The first-order valence-corrected chi connectivity index (χ1v) is 4.57. The van der Waals surface area contributed by atoms with E-state index >= 15 is 0 Å². The summed E-state index contributed by atoms with van der Waals surface area (Å²) in [6, 6.07) is 1.82. The van der Waals surface area contributed by atoms with E-state index in [1.807, 2.05) is 25.1 Å². The molecule has 0 amide bonds. The summed E-state index contributed by atoms with van der Waals surface area (Å²) in [7, 11) is 3.81. The number of nitrogens with one attached hydrogen (secondary N) is 1. The van der Waals surface area contributed by atoms with E-state index in [9.17, 15) is 0 Å². The largest absolute Gasteiger partial charge is 0.369 e. The van der Waals surface area contributed by atoms with Crippen LogP contribution < -0.4 is 10.2 Å². The topological polar surface area (TPSA) is 41.1 Å². The van der Waals surface area contributed by atoms with Gasteiger partial charge in [-0.15, -0.1) is 11.6 Å². The molecule has 0 unspecified atom stereocenters. The molecule has 1 aromatic rings. The molecule has 0 bridgehead atoms. The molecule has 0 aliphatic rings. The lowest BCUT2D eigenvalue weighted by molar-refractivity contribution is 0.993. The Balaban J connectivity index is 2.68. The molecule has 0 aromatic carbocycles. The van der Waals surface area contributed by atoms with Crippen LogP contribution in [0, 0.1) is 0 Å². The lowest BCUT2D eigenvalue weighted by Gasteiger charge is -2.10. The number of rotatable bonds is 4. The van der Waals surface area contributed by atoms with E-state index in [1.54, 1.807) is 6.20 Å². The van der Waals surface area contributed by atoms with Gasteiger partial charge in [0.15, 0.2) is 0 Å². The highest BCUT2D eigenvalue weighted by molar-refractivity contribution is 6.18. The molecule has 5 heteroatoms. The van der Waals surface area contributed by atoms with Gasteiger partial charge in [-0.1, -0.05) is 0 Å². The Morgan fingerprint density at radius 2 is 2.31 bits per heavy atom. The molecule has 1 rings (SSSR count). The molecule has 0 fully saturated rings. The molecular formula is C8H13ClN4. The molecule has 0 spiro atoms. The average molecular weight is 201 g/mol. The molecule has 72 valence electrons. The molecule has 0 atom stereocenters. The molecular weight excluding hydrogens is 188 g/mol. The van der Waals surface area contributed by atoms with Crippen molar-refractivity contribution >= 4 is 23.4 Å². The Bertz CT molecular complexity index is 264. The zero-order valence-electron chi connectivity index (χ0n) is 7.79. The molecule has 0 saturated carbocycles. The summed E-state index contributed by atoms with van der Waals surface area (Å²) in [6.45, 7) is 0.714. The SMILES string of the molecule is CN(C)c1nccc(NCCCl)n1. The van der Waals surface area contributed by atoms with Crippen molar-refractivity contribution in [3.63, 3.8) is 0 Å². The summed E-state index contributed by atoms with van der Waals surface area (Å²) >= 11 is 5.54. The third-order valence-corrected chi connectivity index (χ3v) is 1.63. The molecule has 1 heterocycles. The maximum atomic E-state index is 5.54. The third kappa shape index (κ3) is 3.06. The van der Waals surface area contributed by atoms with Crippen LogP contribution in [0.4, 0.5) is 11.8 Å². The minimum Gasteiger partial charge on any atom is -0.369 e. The van der Waals surface area contributed by atoms with Crippen LogP contribution in [0.5, 0.6) is 0 Å². The number of halogens is 1. The lowest BCUT2D eigenvalue weighted by atomic mass is 10.5. The maximum Gasteiger partial charge on any atom is 0.226 e. The van der Waals surface area contributed by atoms with Gasteiger partial charge in [0.1, 0.15) is 5.82 Å². The van der Waals surface area contributed by atoms with E-state index in [0.29, 0.717) is 18.4 Å². The fourth-order valence-electron chi connectivity index (χ4n) is 0.838. The van der Waals surface area contributed by atoms with Crippen molar-refractivity contribution in [2.24, 2.45) is 0 Å². The minimum absolute atomic E-state index is 0.571. The first-order chi connectivity index (χ1) is 6.24. The summed E-state index contributed by atoms with van der Waals surface area (Å²) in [5, 5.41) is 3.08. The number of anilines is 2. The van der Waals surface area contributed by atoms with E-state index < -0.39 is 0 Å². The molecule has 0 saturated heterocycles. The van der Waals surface area contributed by atoms with Gasteiger partial charge >= 0.3 is 0 Å². The highest BCUT2D eigenvalue weighted by atomic mass is 35.5. The van der Waals surface area contributed by atoms with Gasteiger partial charge in [-0.25, -0.2) is 4.98 Å². The Morgan fingerprint density at radius 1 is 1.54 bits per heavy atom. The summed E-state index contributed by atoms with van der Waals surface area (Å²) in [5.74, 6) is 2.07. The quantitative estimate of drug-likeness (QED) is 0.742. The smallest absolute Gasteiger partial charge is 0.226 e. The summed E-state index contributed by atoms with van der Waals surface area (Å²) < 4.78 is 0. The Morgan fingerprint density at radius 3 is 2.92 bits per heavy atom. The molecule has 0 aliphatic heterocycles. The number of hydrogen-bond donors (Lipinski definition) is 1. The van der Waals surface area contributed by atoms with E-state index in [1.165, 1.54) is 0 Å². The summed E-state index contributed by atoms with van der Waals surface area (Å²) in [4.78, 5) is 10.2. The zero-order chi connectivity index (χ0) is 9.68. The molecule has 4 nitrogen and oxygen atoms in total. The summed E-state index contributed by atoms with van der Waals surface area (Å²) in [6.07, 6.45) is 1.72. The fraction of sp³-hybridized carbons (Fsp3) is 0.500. The van der Waals surface area contributed by atoms with Crippen LogP contribution in [0.1, 0.15) is 0 Å². The maximum absolute atomic E-state index is 5.54. The monoisotopic (exact) mass is 200 g/mol. The number of nitrogens with zero attached hydrogens (tertiary/aromatic N) is 3. The standard InChI is InChI=1S/C8H13ClN4/c1-13(2)8-11-5-3-7(12-8)10-6-4-9/h3,5H,4,6H2,1-2H3,(H,10,11,12). The molecule has 0 radical (unpaired) electrons. The third-order valence-electron chi connectivity index (χ3n) is 1.44. The Hall–Kier alpha value is -1.03. The van der Waals surface area contributed by atoms with Crippen LogP contribution in [0.2, 0.25) is 0 Å². The highest BCUT2D eigenvalue weighted by Gasteiger charge is 1.99. The van der Waals surface area contributed by atoms with Crippen LogP contribution >= 0.6 is 11.6 Å². The molecule has 0 aliphatic carbocycles. The van der Waals surface area contributed by atoms with Gasteiger partial charge in [-0.05, 0) is 6.07 Å². The molecule has 13 heavy (non-hydrogen) atoms. The molecule has 1 aromatic heterocycles. The Labute approximate surface area is 82.9 Å². The van der Waals surface area contributed by atoms with Gasteiger partial charge < -0.3 is 10.2 Å². The second kappa shape index (κ2) is 4.87. The van der Waals surface area contributed by atoms with Crippen molar-refractivity contribution in [3.8, 4) is 0 Å². The molecule has 1 N–H and O–H groups in total. The second-order valence-corrected chi connectivity index (χ2v) is 3.13. The van der Waals surface area contributed by atoms with Crippen LogP contribution in [-0.2, 0) is 0 Å². The van der Waals surface area contributed by atoms with E-state index in [4.69, 9.17) is 11.6 Å². The van der Waals surface area contributed by atoms with Crippen LogP contribution in [-0.4, -0.2) is 36.5 Å². The van der Waals surface area contributed by atoms with Gasteiger partial charge in [0.25, 0.3) is 0 Å². The fourth-order valence-corrected chi connectivity index (χ4v) is 0.932. The van der Waals surface area contributed by atoms with Crippen LogP contribution in [0.3, 0.4) is 0 Å². The van der Waals surface area contributed by atoms with Crippen molar-refractivity contribution in [1.82, 2.24) is 9.97 Å². The van der Waals surface area contributed by atoms with Crippen LogP contribution in [0.25, 0.3) is 0 Å². The van der Waals surface area contributed by atoms with E-state index in [-0.39, 0.29) is 0 Å². The summed E-state index contributed by atoms with van der Waals surface area (Å²) in [5.41, 5.74) is 0. The van der Waals surface area contributed by atoms with Crippen LogP contribution in [0.15, 0.2) is 12.3 Å². The minimum atomic E-state index is 0.571. The van der Waals surface area contributed by atoms with Crippen molar-refractivity contribution < 1.29 is 0 Å². The van der Waals surface area contributed by atoms with Crippen molar-refractivity contribution in [2.75, 3.05) is 36.7 Å². The number of aromatic nitrogens is 2. The van der Waals surface area contributed by atoms with Gasteiger partial charge in [-0.2, -0.15) is 4.98 Å². The number of hydrogen-bond acceptors (Lipinski definition) is 4. The van der Waals surface area contributed by atoms with E-state index in [2.05, 4.69) is 15.3 Å². The van der Waals surface area contributed by atoms with Gasteiger partial charge in [0.2, 0.25) is 5.95 Å². The van der Waals surface area contributed by atoms with Crippen molar-refractivity contribution in [3.05, 3.63) is 12.3 Å². The van der Waals surface area contributed by atoms with Gasteiger partial charge in [0, 0.05) is 32.7 Å². The zero-order valence-corrected chi connectivity index (χ0v) is 8.54. The Kier molecular flexibility index (Phi) is 3.76. The highest BCUT2D eigenvalue weighted by Crippen LogP contribution is 2.07. The predicted molar refractivity (Wildman–Crippen MR) is 55.6 cm³/mol. The predicted octanol–water partition coefficient (Wildman–Crippen LogP) is 1.19. The first kappa shape index (κ1) is 10.1. The normalized spacial score (nSPS) is 9.77. The van der Waals surface area contributed by atoms with Gasteiger partial charge in [-0.3, -0.25) is 0 Å². The number of alkyl halides is 1. The second-order valence-electron chi connectivity index (χ2n) is 2.75. The van der Waals surface area contributed by atoms with E-state index in [0.717, 1.165) is 5.82 Å². The lowest BCUT2D eigenvalue weighted by Crippen LogP contribution is -2.14. The average Bonchev–Trinajstić information content (AvgIpc) is 2.15. The first-order valence-electron chi connectivity index (χ1n) is 4.04. The van der Waals surface area contributed by atoms with Crippen molar-refractivity contribution in [1.29, 1.82) is 0 Å². The van der Waals surface area contributed by atoms with Crippen molar-refractivity contribution in [2.45, 2.75) is 0 Å². The van der Waals surface area contributed by atoms with Gasteiger partial charge in [0.05, 0.1) is 0 Å².